The Hall–Kier alpha value is -1.48. The first-order chi connectivity index (χ1) is 7.66. The molecule has 0 amide bonds. The van der Waals surface area contributed by atoms with Gasteiger partial charge in [-0.15, -0.1) is 0 Å². The summed E-state index contributed by atoms with van der Waals surface area (Å²) < 4.78 is 10.5. The Labute approximate surface area is 95.5 Å². The fourth-order valence-electron chi connectivity index (χ4n) is 1.85. The van der Waals surface area contributed by atoms with Gasteiger partial charge in [-0.25, -0.2) is 0 Å². The van der Waals surface area contributed by atoms with Gasteiger partial charge in [-0.3, -0.25) is 0 Å². The highest BCUT2D eigenvalue weighted by atomic mass is 16.3. The Morgan fingerprint density at radius 2 is 2.19 bits per heavy atom. The number of furan rings is 2. The van der Waals surface area contributed by atoms with Crippen LogP contribution in [0.2, 0.25) is 0 Å². The molecule has 0 aliphatic heterocycles. The third-order valence-electron chi connectivity index (χ3n) is 2.74. The largest absolute Gasteiger partial charge is 0.472 e. The lowest BCUT2D eigenvalue weighted by Gasteiger charge is -2.11. The van der Waals surface area contributed by atoms with Gasteiger partial charge in [0.2, 0.25) is 0 Å². The van der Waals surface area contributed by atoms with Crippen LogP contribution in [-0.4, -0.2) is 0 Å². The van der Waals surface area contributed by atoms with Gasteiger partial charge in [-0.05, 0) is 32.9 Å². The van der Waals surface area contributed by atoms with Crippen molar-refractivity contribution in [3.8, 4) is 0 Å². The fourth-order valence-corrected chi connectivity index (χ4v) is 1.85. The zero-order chi connectivity index (χ0) is 11.5. The molecule has 16 heavy (non-hydrogen) atoms. The minimum absolute atomic E-state index is 0.285. The molecular weight excluding hydrogens is 202 g/mol. The second-order valence-corrected chi connectivity index (χ2v) is 4.10. The smallest absolute Gasteiger partial charge is 0.105 e. The quantitative estimate of drug-likeness (QED) is 0.857. The second-order valence-electron chi connectivity index (χ2n) is 4.10. The zero-order valence-electron chi connectivity index (χ0n) is 9.91. The Morgan fingerprint density at radius 1 is 1.38 bits per heavy atom. The molecule has 0 fully saturated rings. The van der Waals surface area contributed by atoms with E-state index in [1.54, 1.807) is 12.5 Å². The molecule has 2 aromatic heterocycles. The number of hydrogen-bond donors (Lipinski definition) is 1. The summed E-state index contributed by atoms with van der Waals surface area (Å²) in [6, 6.07) is 4.34. The molecular formula is C13H17NO2. The van der Waals surface area contributed by atoms with Crippen molar-refractivity contribution in [2.24, 2.45) is 0 Å². The third-order valence-corrected chi connectivity index (χ3v) is 2.74. The molecule has 86 valence electrons. The molecule has 1 N–H and O–H groups in total. The number of rotatable bonds is 4. The maximum Gasteiger partial charge on any atom is 0.105 e. The van der Waals surface area contributed by atoms with E-state index in [9.17, 15) is 0 Å². The maximum atomic E-state index is 5.51. The van der Waals surface area contributed by atoms with E-state index in [0.717, 1.165) is 23.6 Å². The van der Waals surface area contributed by atoms with Gasteiger partial charge in [0, 0.05) is 23.7 Å². The molecule has 0 spiro atoms. The van der Waals surface area contributed by atoms with Crippen molar-refractivity contribution in [2.45, 2.75) is 33.4 Å². The topological polar surface area (TPSA) is 38.3 Å². The van der Waals surface area contributed by atoms with Gasteiger partial charge < -0.3 is 14.2 Å². The van der Waals surface area contributed by atoms with Crippen LogP contribution >= 0.6 is 0 Å². The van der Waals surface area contributed by atoms with E-state index in [-0.39, 0.29) is 6.04 Å². The molecule has 0 aromatic carbocycles. The standard InChI is InChI=1S/C13H17NO2/c1-9-6-13(11(3)16-9)10(2)14-7-12-4-5-15-8-12/h4-6,8,10,14H,7H2,1-3H3. The SMILES string of the molecule is Cc1cc(C(C)NCc2ccoc2)c(C)o1. The highest BCUT2D eigenvalue weighted by Crippen LogP contribution is 2.21. The summed E-state index contributed by atoms with van der Waals surface area (Å²) in [5, 5.41) is 3.44. The maximum absolute atomic E-state index is 5.51. The summed E-state index contributed by atoms with van der Waals surface area (Å²) in [6.45, 7) is 6.91. The van der Waals surface area contributed by atoms with Crippen molar-refractivity contribution in [3.63, 3.8) is 0 Å². The second kappa shape index (κ2) is 4.58. The van der Waals surface area contributed by atoms with Gasteiger partial charge in [0.05, 0.1) is 12.5 Å². The van der Waals surface area contributed by atoms with Crippen LogP contribution in [0.25, 0.3) is 0 Å². The van der Waals surface area contributed by atoms with Crippen LogP contribution < -0.4 is 5.32 Å². The van der Waals surface area contributed by atoms with Crippen LogP contribution in [0.4, 0.5) is 0 Å². The molecule has 0 radical (unpaired) electrons. The minimum atomic E-state index is 0.285. The summed E-state index contributed by atoms with van der Waals surface area (Å²) in [7, 11) is 0. The summed E-state index contributed by atoms with van der Waals surface area (Å²) in [5.41, 5.74) is 2.38. The van der Waals surface area contributed by atoms with Gasteiger partial charge in [-0.2, -0.15) is 0 Å². The van der Waals surface area contributed by atoms with Gasteiger partial charge in [-0.1, -0.05) is 0 Å². The normalized spacial score (nSPS) is 12.9. The molecule has 1 atom stereocenters. The average molecular weight is 219 g/mol. The summed E-state index contributed by atoms with van der Waals surface area (Å²) in [6.07, 6.45) is 3.45. The van der Waals surface area contributed by atoms with E-state index in [2.05, 4.69) is 18.3 Å². The lowest BCUT2D eigenvalue weighted by atomic mass is 10.1. The van der Waals surface area contributed by atoms with Crippen molar-refractivity contribution >= 4 is 0 Å². The summed E-state index contributed by atoms with van der Waals surface area (Å²) in [5.74, 6) is 1.95. The molecule has 3 heteroatoms. The number of hydrogen-bond acceptors (Lipinski definition) is 3. The van der Waals surface area contributed by atoms with Crippen LogP contribution in [0.15, 0.2) is 33.5 Å². The van der Waals surface area contributed by atoms with Crippen LogP contribution in [0.1, 0.15) is 35.6 Å². The highest BCUT2D eigenvalue weighted by Gasteiger charge is 2.11. The van der Waals surface area contributed by atoms with Gasteiger partial charge >= 0.3 is 0 Å². The van der Waals surface area contributed by atoms with E-state index < -0.39 is 0 Å². The Morgan fingerprint density at radius 3 is 2.75 bits per heavy atom. The van der Waals surface area contributed by atoms with Crippen LogP contribution in [0, 0.1) is 13.8 Å². The van der Waals surface area contributed by atoms with E-state index in [0.29, 0.717) is 0 Å². The summed E-state index contributed by atoms with van der Waals surface area (Å²) >= 11 is 0. The monoisotopic (exact) mass is 219 g/mol. The van der Waals surface area contributed by atoms with Crippen molar-refractivity contribution in [1.29, 1.82) is 0 Å². The molecule has 0 aliphatic carbocycles. The molecule has 0 bridgehead atoms. The Bertz CT molecular complexity index is 442. The van der Waals surface area contributed by atoms with Gasteiger partial charge in [0.1, 0.15) is 11.5 Å². The first-order valence-electron chi connectivity index (χ1n) is 5.48. The van der Waals surface area contributed by atoms with E-state index in [1.807, 2.05) is 19.9 Å². The number of aryl methyl sites for hydroxylation is 2. The van der Waals surface area contributed by atoms with Gasteiger partial charge in [0.15, 0.2) is 0 Å². The molecule has 2 rings (SSSR count). The van der Waals surface area contributed by atoms with Crippen molar-refractivity contribution in [1.82, 2.24) is 5.32 Å². The Balaban J connectivity index is 1.98. The highest BCUT2D eigenvalue weighted by molar-refractivity contribution is 5.23. The predicted octanol–water partition coefficient (Wildman–Crippen LogP) is 3.34. The van der Waals surface area contributed by atoms with E-state index >= 15 is 0 Å². The van der Waals surface area contributed by atoms with Crippen molar-refractivity contribution in [3.05, 3.63) is 47.3 Å². The minimum Gasteiger partial charge on any atom is -0.472 e. The molecule has 2 aromatic rings. The summed E-state index contributed by atoms with van der Waals surface area (Å²) in [4.78, 5) is 0. The average Bonchev–Trinajstić information content (AvgIpc) is 2.84. The molecule has 1 unspecified atom stereocenters. The molecule has 3 nitrogen and oxygen atoms in total. The van der Waals surface area contributed by atoms with Crippen molar-refractivity contribution < 1.29 is 8.83 Å². The molecule has 0 aliphatic rings. The van der Waals surface area contributed by atoms with Crippen LogP contribution in [0.3, 0.4) is 0 Å². The zero-order valence-corrected chi connectivity index (χ0v) is 9.91. The van der Waals surface area contributed by atoms with Crippen LogP contribution in [0.5, 0.6) is 0 Å². The molecule has 2 heterocycles. The van der Waals surface area contributed by atoms with Gasteiger partial charge in [0.25, 0.3) is 0 Å². The lowest BCUT2D eigenvalue weighted by Crippen LogP contribution is -2.17. The molecule has 0 saturated carbocycles. The molecule has 0 saturated heterocycles. The van der Waals surface area contributed by atoms with Crippen LogP contribution in [-0.2, 0) is 6.54 Å². The predicted molar refractivity (Wildman–Crippen MR) is 62.1 cm³/mol. The number of nitrogens with one attached hydrogen (secondary N) is 1. The van der Waals surface area contributed by atoms with Crippen molar-refractivity contribution in [2.75, 3.05) is 0 Å². The lowest BCUT2D eigenvalue weighted by molar-refractivity contribution is 0.489. The fraction of sp³-hybridized carbons (Fsp3) is 0.385. The first kappa shape index (κ1) is 11.0. The Kier molecular flexibility index (Phi) is 3.15. The first-order valence-corrected chi connectivity index (χ1v) is 5.48. The third kappa shape index (κ3) is 2.36. The van der Waals surface area contributed by atoms with E-state index in [1.165, 1.54) is 5.56 Å². The van der Waals surface area contributed by atoms with E-state index in [4.69, 9.17) is 8.83 Å².